The van der Waals surface area contributed by atoms with Crippen molar-refractivity contribution in [2.24, 2.45) is 13.0 Å². The zero-order valence-corrected chi connectivity index (χ0v) is 13.5. The molecular weight excluding hydrogens is 248 g/mol. The maximum absolute atomic E-state index is 4.50. The fraction of sp³-hybridized carbons (Fsp3) is 0.812. The van der Waals surface area contributed by atoms with E-state index in [-0.39, 0.29) is 5.54 Å². The monoisotopic (exact) mass is 276 g/mol. The second-order valence-electron chi connectivity index (χ2n) is 7.63. The van der Waals surface area contributed by atoms with Gasteiger partial charge in [0, 0.05) is 37.8 Å². The molecule has 4 nitrogen and oxygen atoms in total. The predicted molar refractivity (Wildman–Crippen MR) is 81.6 cm³/mol. The number of hydrogen-bond donors (Lipinski definition) is 1. The molecular formula is C16H28N4. The van der Waals surface area contributed by atoms with Gasteiger partial charge in [0.05, 0.1) is 11.4 Å². The maximum atomic E-state index is 4.50. The molecule has 2 aliphatic rings. The zero-order chi connectivity index (χ0) is 14.5. The summed E-state index contributed by atoms with van der Waals surface area (Å²) in [5, 5.41) is 8.24. The predicted octanol–water partition coefficient (Wildman–Crippen LogP) is 2.08. The van der Waals surface area contributed by atoms with E-state index in [0.29, 0.717) is 5.54 Å². The normalized spacial score (nSPS) is 30.6. The van der Waals surface area contributed by atoms with Crippen LogP contribution in [0.5, 0.6) is 0 Å². The van der Waals surface area contributed by atoms with E-state index in [2.05, 4.69) is 56.1 Å². The van der Waals surface area contributed by atoms with Crippen LogP contribution in [0.4, 0.5) is 0 Å². The zero-order valence-electron chi connectivity index (χ0n) is 13.5. The number of rotatable bonds is 3. The van der Waals surface area contributed by atoms with Crippen molar-refractivity contribution < 1.29 is 0 Å². The number of aryl methyl sites for hydroxylation is 2. The van der Waals surface area contributed by atoms with Gasteiger partial charge in [0.25, 0.3) is 0 Å². The highest BCUT2D eigenvalue weighted by Gasteiger charge is 2.49. The number of nitrogens with one attached hydrogen (secondary N) is 1. The lowest BCUT2D eigenvalue weighted by atomic mass is 9.86. The molecule has 1 aromatic heterocycles. The van der Waals surface area contributed by atoms with Crippen LogP contribution in [0.3, 0.4) is 0 Å². The fourth-order valence-corrected chi connectivity index (χ4v) is 3.60. The SMILES string of the molecule is Cc1cc(CN2CC(C)(C)NCC2(C)C2CC2)n(C)n1. The quantitative estimate of drug-likeness (QED) is 0.917. The summed E-state index contributed by atoms with van der Waals surface area (Å²) in [7, 11) is 2.06. The Morgan fingerprint density at radius 1 is 1.35 bits per heavy atom. The molecule has 2 heterocycles. The summed E-state index contributed by atoms with van der Waals surface area (Å²) in [4.78, 5) is 2.69. The van der Waals surface area contributed by atoms with Crippen molar-refractivity contribution in [3.63, 3.8) is 0 Å². The molecule has 0 aromatic carbocycles. The van der Waals surface area contributed by atoms with Crippen LogP contribution in [0.15, 0.2) is 6.07 Å². The van der Waals surface area contributed by atoms with Crippen LogP contribution in [0, 0.1) is 12.8 Å². The van der Waals surface area contributed by atoms with Crippen LogP contribution in [0.2, 0.25) is 0 Å². The molecule has 0 radical (unpaired) electrons. The smallest absolute Gasteiger partial charge is 0.0597 e. The molecule has 2 fully saturated rings. The first-order valence-corrected chi connectivity index (χ1v) is 7.80. The Balaban J connectivity index is 1.84. The van der Waals surface area contributed by atoms with E-state index in [0.717, 1.165) is 31.2 Å². The summed E-state index contributed by atoms with van der Waals surface area (Å²) in [6, 6.07) is 2.22. The Morgan fingerprint density at radius 2 is 2.05 bits per heavy atom. The molecule has 1 aromatic rings. The van der Waals surface area contributed by atoms with Crippen LogP contribution >= 0.6 is 0 Å². The van der Waals surface area contributed by atoms with Crippen molar-refractivity contribution in [2.75, 3.05) is 13.1 Å². The largest absolute Gasteiger partial charge is 0.309 e. The van der Waals surface area contributed by atoms with Gasteiger partial charge in [-0.15, -0.1) is 0 Å². The molecule has 1 aliphatic heterocycles. The minimum absolute atomic E-state index is 0.196. The average molecular weight is 276 g/mol. The minimum atomic E-state index is 0.196. The Hall–Kier alpha value is -0.870. The molecule has 1 atom stereocenters. The summed E-state index contributed by atoms with van der Waals surface area (Å²) < 4.78 is 2.04. The Labute approximate surface area is 122 Å². The molecule has 1 saturated heterocycles. The van der Waals surface area contributed by atoms with E-state index >= 15 is 0 Å². The number of hydrogen-bond acceptors (Lipinski definition) is 3. The van der Waals surface area contributed by atoms with Gasteiger partial charge in [0.2, 0.25) is 0 Å². The lowest BCUT2D eigenvalue weighted by Crippen LogP contribution is -2.67. The Bertz CT molecular complexity index is 501. The second-order valence-corrected chi connectivity index (χ2v) is 7.63. The molecule has 0 amide bonds. The molecule has 112 valence electrons. The summed E-state index contributed by atoms with van der Waals surface area (Å²) in [6.45, 7) is 12.3. The van der Waals surface area contributed by atoms with Gasteiger partial charge in [-0.3, -0.25) is 9.58 Å². The van der Waals surface area contributed by atoms with Gasteiger partial charge in [-0.25, -0.2) is 0 Å². The van der Waals surface area contributed by atoms with E-state index in [1.165, 1.54) is 18.5 Å². The molecule has 1 aliphatic carbocycles. The standard InChI is InChI=1S/C16H28N4/c1-12-8-14(19(5)18-12)9-20-11-15(2,3)17-10-16(20,4)13-6-7-13/h8,13,17H,6-7,9-11H2,1-5H3. The summed E-state index contributed by atoms with van der Waals surface area (Å²) in [5.41, 5.74) is 2.94. The molecule has 0 spiro atoms. The van der Waals surface area contributed by atoms with Crippen molar-refractivity contribution in [3.8, 4) is 0 Å². The van der Waals surface area contributed by atoms with Crippen molar-refractivity contribution in [3.05, 3.63) is 17.5 Å². The van der Waals surface area contributed by atoms with Crippen LogP contribution in [0.1, 0.15) is 45.0 Å². The molecule has 20 heavy (non-hydrogen) atoms. The molecule has 1 saturated carbocycles. The van der Waals surface area contributed by atoms with Crippen molar-refractivity contribution in [2.45, 2.75) is 58.2 Å². The fourth-order valence-electron chi connectivity index (χ4n) is 3.60. The van der Waals surface area contributed by atoms with Crippen molar-refractivity contribution in [1.82, 2.24) is 20.0 Å². The van der Waals surface area contributed by atoms with Crippen molar-refractivity contribution >= 4 is 0 Å². The summed E-state index contributed by atoms with van der Waals surface area (Å²) in [5.74, 6) is 0.862. The Kier molecular flexibility index (Phi) is 3.22. The molecule has 3 rings (SSSR count). The highest BCUT2D eigenvalue weighted by molar-refractivity contribution is 5.13. The van der Waals surface area contributed by atoms with Gasteiger partial charge in [-0.1, -0.05) is 0 Å². The van der Waals surface area contributed by atoms with Crippen molar-refractivity contribution in [1.29, 1.82) is 0 Å². The number of aromatic nitrogens is 2. The van der Waals surface area contributed by atoms with Crippen LogP contribution in [0.25, 0.3) is 0 Å². The number of piperazine rings is 1. The third-order valence-corrected chi connectivity index (χ3v) is 5.14. The maximum Gasteiger partial charge on any atom is 0.0597 e. The molecule has 1 N–H and O–H groups in total. The minimum Gasteiger partial charge on any atom is -0.309 e. The van der Waals surface area contributed by atoms with Gasteiger partial charge in [-0.05, 0) is 52.5 Å². The van der Waals surface area contributed by atoms with E-state index in [9.17, 15) is 0 Å². The number of nitrogens with zero attached hydrogens (tertiary/aromatic N) is 3. The van der Waals surface area contributed by atoms with E-state index in [1.54, 1.807) is 0 Å². The molecule has 4 heteroatoms. The van der Waals surface area contributed by atoms with E-state index < -0.39 is 0 Å². The first-order chi connectivity index (χ1) is 9.30. The highest BCUT2D eigenvalue weighted by atomic mass is 15.3. The molecule has 1 unspecified atom stereocenters. The third-order valence-electron chi connectivity index (χ3n) is 5.14. The van der Waals surface area contributed by atoms with Crippen LogP contribution < -0.4 is 5.32 Å². The first-order valence-electron chi connectivity index (χ1n) is 7.80. The topological polar surface area (TPSA) is 33.1 Å². The molecule has 0 bridgehead atoms. The Morgan fingerprint density at radius 3 is 2.60 bits per heavy atom. The average Bonchev–Trinajstić information content (AvgIpc) is 3.13. The van der Waals surface area contributed by atoms with Gasteiger partial charge >= 0.3 is 0 Å². The van der Waals surface area contributed by atoms with E-state index in [4.69, 9.17) is 0 Å². The third kappa shape index (κ3) is 2.51. The summed E-state index contributed by atoms with van der Waals surface area (Å²) in [6.07, 6.45) is 2.78. The van der Waals surface area contributed by atoms with Gasteiger partial charge in [-0.2, -0.15) is 5.10 Å². The highest BCUT2D eigenvalue weighted by Crippen LogP contribution is 2.45. The van der Waals surface area contributed by atoms with Gasteiger partial charge in [0.1, 0.15) is 0 Å². The van der Waals surface area contributed by atoms with Gasteiger partial charge in [0.15, 0.2) is 0 Å². The van der Waals surface area contributed by atoms with Crippen LogP contribution in [-0.2, 0) is 13.6 Å². The second kappa shape index (κ2) is 4.57. The van der Waals surface area contributed by atoms with Gasteiger partial charge < -0.3 is 5.32 Å². The van der Waals surface area contributed by atoms with E-state index in [1.807, 2.05) is 4.68 Å². The lowest BCUT2D eigenvalue weighted by Gasteiger charge is -2.51. The lowest BCUT2D eigenvalue weighted by molar-refractivity contribution is 0.00356. The van der Waals surface area contributed by atoms with Crippen LogP contribution in [-0.4, -0.2) is 38.8 Å². The summed E-state index contributed by atoms with van der Waals surface area (Å²) >= 11 is 0. The first kappa shape index (κ1) is 14.1.